The number of nitrogens with one attached hydrogen (secondary N) is 1. The van der Waals surface area contributed by atoms with Crippen LogP contribution in [0.2, 0.25) is 0 Å². The second-order valence-corrected chi connectivity index (χ2v) is 5.81. The number of rotatable bonds is 4. The Bertz CT molecular complexity index is 364. The second kappa shape index (κ2) is 5.83. The van der Waals surface area contributed by atoms with Gasteiger partial charge in [0, 0.05) is 31.2 Å². The van der Waals surface area contributed by atoms with Gasteiger partial charge in [0.2, 0.25) is 0 Å². The van der Waals surface area contributed by atoms with E-state index in [1.807, 2.05) is 6.07 Å². The molecule has 1 fully saturated rings. The van der Waals surface area contributed by atoms with Gasteiger partial charge in [-0.25, -0.2) is 0 Å². The van der Waals surface area contributed by atoms with E-state index in [2.05, 4.69) is 48.3 Å². The molecular weight excluding hydrogens is 224 g/mol. The molecule has 1 aliphatic heterocycles. The third-order valence-corrected chi connectivity index (χ3v) is 3.67. The van der Waals surface area contributed by atoms with Crippen molar-refractivity contribution in [2.45, 2.75) is 31.8 Å². The van der Waals surface area contributed by atoms with E-state index in [1.54, 1.807) is 0 Å². The number of piperazine rings is 1. The van der Waals surface area contributed by atoms with Crippen molar-refractivity contribution in [3.63, 3.8) is 0 Å². The van der Waals surface area contributed by atoms with Gasteiger partial charge in [-0.05, 0) is 25.8 Å². The zero-order chi connectivity index (χ0) is 13.0. The van der Waals surface area contributed by atoms with Crippen LogP contribution in [0.25, 0.3) is 0 Å². The molecule has 3 heteroatoms. The minimum Gasteiger partial charge on any atom is -0.395 e. The Balaban J connectivity index is 1.93. The van der Waals surface area contributed by atoms with Crippen LogP contribution < -0.4 is 5.32 Å². The summed E-state index contributed by atoms with van der Waals surface area (Å²) in [5.41, 5.74) is 1.51. The van der Waals surface area contributed by atoms with Gasteiger partial charge in [-0.15, -0.1) is 0 Å². The second-order valence-electron chi connectivity index (χ2n) is 5.81. The van der Waals surface area contributed by atoms with E-state index in [-0.39, 0.29) is 18.2 Å². The van der Waals surface area contributed by atoms with Crippen LogP contribution in [-0.2, 0) is 6.42 Å². The lowest BCUT2D eigenvalue weighted by Crippen LogP contribution is -2.62. The first-order chi connectivity index (χ1) is 8.61. The highest BCUT2D eigenvalue weighted by atomic mass is 16.3. The first-order valence-electron chi connectivity index (χ1n) is 6.74. The molecule has 0 radical (unpaired) electrons. The minimum absolute atomic E-state index is 0.141. The van der Waals surface area contributed by atoms with E-state index in [0.717, 1.165) is 26.1 Å². The summed E-state index contributed by atoms with van der Waals surface area (Å²) >= 11 is 0. The van der Waals surface area contributed by atoms with Crippen LogP contribution in [0.15, 0.2) is 30.3 Å². The van der Waals surface area contributed by atoms with Crippen molar-refractivity contribution in [1.82, 2.24) is 10.2 Å². The van der Waals surface area contributed by atoms with Gasteiger partial charge < -0.3 is 10.4 Å². The molecule has 18 heavy (non-hydrogen) atoms. The predicted octanol–water partition coefficient (Wildman–Crippen LogP) is 1.27. The van der Waals surface area contributed by atoms with Crippen LogP contribution in [0.5, 0.6) is 0 Å². The molecule has 1 aliphatic rings. The first-order valence-corrected chi connectivity index (χ1v) is 6.74. The van der Waals surface area contributed by atoms with Crippen molar-refractivity contribution in [3.05, 3.63) is 35.9 Å². The molecule has 1 atom stereocenters. The molecule has 0 bridgehead atoms. The van der Waals surface area contributed by atoms with Crippen LogP contribution in [0.1, 0.15) is 19.4 Å². The summed E-state index contributed by atoms with van der Waals surface area (Å²) in [6.45, 7) is 7.55. The van der Waals surface area contributed by atoms with E-state index in [1.165, 1.54) is 5.56 Å². The third-order valence-electron chi connectivity index (χ3n) is 3.67. The van der Waals surface area contributed by atoms with Crippen molar-refractivity contribution in [3.8, 4) is 0 Å². The average molecular weight is 248 g/mol. The molecule has 1 unspecified atom stereocenters. The van der Waals surface area contributed by atoms with Crippen molar-refractivity contribution < 1.29 is 5.11 Å². The Morgan fingerprint density at radius 2 is 2.06 bits per heavy atom. The van der Waals surface area contributed by atoms with E-state index >= 15 is 0 Å². The average Bonchev–Trinajstić information content (AvgIpc) is 2.37. The van der Waals surface area contributed by atoms with Crippen molar-refractivity contribution in [2.24, 2.45) is 0 Å². The molecule has 0 spiro atoms. The summed E-state index contributed by atoms with van der Waals surface area (Å²) in [6.07, 6.45) is 1.05. The topological polar surface area (TPSA) is 35.5 Å². The van der Waals surface area contributed by atoms with Gasteiger partial charge in [-0.2, -0.15) is 0 Å². The molecule has 1 heterocycles. The lowest BCUT2D eigenvalue weighted by atomic mass is 9.98. The fourth-order valence-electron chi connectivity index (χ4n) is 2.57. The number of aliphatic hydroxyl groups excluding tert-OH is 1. The Morgan fingerprint density at radius 3 is 2.72 bits per heavy atom. The van der Waals surface area contributed by atoms with E-state index < -0.39 is 0 Å². The Hall–Kier alpha value is -0.900. The van der Waals surface area contributed by atoms with E-state index in [4.69, 9.17) is 0 Å². The van der Waals surface area contributed by atoms with Gasteiger partial charge in [0.05, 0.1) is 6.61 Å². The predicted molar refractivity (Wildman–Crippen MR) is 74.7 cm³/mol. The number of hydrogen-bond acceptors (Lipinski definition) is 3. The van der Waals surface area contributed by atoms with Crippen LogP contribution in [0.3, 0.4) is 0 Å². The highest BCUT2D eigenvalue weighted by Crippen LogP contribution is 2.15. The Kier molecular flexibility index (Phi) is 4.38. The van der Waals surface area contributed by atoms with Gasteiger partial charge in [0.15, 0.2) is 0 Å². The summed E-state index contributed by atoms with van der Waals surface area (Å²) in [5, 5.41) is 12.9. The summed E-state index contributed by atoms with van der Waals surface area (Å²) in [7, 11) is 0. The Labute approximate surface area is 110 Å². The van der Waals surface area contributed by atoms with Gasteiger partial charge in [0.25, 0.3) is 0 Å². The lowest BCUT2D eigenvalue weighted by molar-refractivity contribution is 0.0581. The molecule has 0 aromatic heterocycles. The normalized spacial score (nSPS) is 24.1. The standard InChI is InChI=1S/C15H24N2O/c1-15(2)12-17(14(11-18)10-16-15)9-8-13-6-4-3-5-7-13/h3-7,14,16,18H,8-12H2,1-2H3. The maximum atomic E-state index is 9.45. The maximum absolute atomic E-state index is 9.45. The maximum Gasteiger partial charge on any atom is 0.0599 e. The molecule has 3 nitrogen and oxygen atoms in total. The third kappa shape index (κ3) is 3.55. The molecule has 2 rings (SSSR count). The summed E-state index contributed by atoms with van der Waals surface area (Å²) < 4.78 is 0. The molecule has 2 N–H and O–H groups in total. The zero-order valence-electron chi connectivity index (χ0n) is 11.4. The lowest BCUT2D eigenvalue weighted by Gasteiger charge is -2.44. The Morgan fingerprint density at radius 1 is 1.33 bits per heavy atom. The monoisotopic (exact) mass is 248 g/mol. The summed E-state index contributed by atoms with van der Waals surface area (Å²) in [5.74, 6) is 0. The van der Waals surface area contributed by atoms with Crippen molar-refractivity contribution in [1.29, 1.82) is 0 Å². The van der Waals surface area contributed by atoms with Gasteiger partial charge in [-0.1, -0.05) is 30.3 Å². The number of nitrogens with zero attached hydrogens (tertiary/aromatic N) is 1. The van der Waals surface area contributed by atoms with E-state index in [9.17, 15) is 5.11 Å². The van der Waals surface area contributed by atoms with Crippen LogP contribution in [-0.4, -0.2) is 47.8 Å². The highest BCUT2D eigenvalue weighted by molar-refractivity contribution is 5.15. The van der Waals surface area contributed by atoms with Crippen molar-refractivity contribution >= 4 is 0 Å². The van der Waals surface area contributed by atoms with Crippen molar-refractivity contribution in [2.75, 3.05) is 26.2 Å². The number of hydrogen-bond donors (Lipinski definition) is 2. The summed E-state index contributed by atoms with van der Waals surface area (Å²) in [4.78, 5) is 2.41. The largest absolute Gasteiger partial charge is 0.395 e. The van der Waals surface area contributed by atoms with Gasteiger partial charge in [0.1, 0.15) is 0 Å². The molecular formula is C15H24N2O. The highest BCUT2D eigenvalue weighted by Gasteiger charge is 2.31. The SMILES string of the molecule is CC1(C)CN(CCc2ccccc2)C(CO)CN1. The molecule has 1 aromatic carbocycles. The molecule has 1 aromatic rings. The van der Waals surface area contributed by atoms with Crippen LogP contribution >= 0.6 is 0 Å². The first kappa shape index (κ1) is 13.5. The fourth-order valence-corrected chi connectivity index (χ4v) is 2.57. The molecule has 0 amide bonds. The molecule has 1 saturated heterocycles. The van der Waals surface area contributed by atoms with Crippen LogP contribution in [0.4, 0.5) is 0 Å². The fraction of sp³-hybridized carbons (Fsp3) is 0.600. The van der Waals surface area contributed by atoms with Gasteiger partial charge in [-0.3, -0.25) is 4.90 Å². The zero-order valence-corrected chi connectivity index (χ0v) is 11.4. The number of aliphatic hydroxyl groups is 1. The molecule has 100 valence electrons. The number of benzene rings is 1. The molecule has 0 saturated carbocycles. The minimum atomic E-state index is 0.141. The van der Waals surface area contributed by atoms with Gasteiger partial charge >= 0.3 is 0 Å². The molecule has 0 aliphatic carbocycles. The van der Waals surface area contributed by atoms with E-state index in [0.29, 0.717) is 0 Å². The quantitative estimate of drug-likeness (QED) is 0.842. The van der Waals surface area contributed by atoms with Crippen LogP contribution in [0, 0.1) is 0 Å². The smallest absolute Gasteiger partial charge is 0.0599 e. The summed E-state index contributed by atoms with van der Waals surface area (Å²) in [6, 6.07) is 10.8.